The van der Waals surface area contributed by atoms with Gasteiger partial charge in [-0.05, 0) is 37.5 Å². The van der Waals surface area contributed by atoms with E-state index in [9.17, 15) is 9.59 Å². The summed E-state index contributed by atoms with van der Waals surface area (Å²) in [6, 6.07) is 16.2. The number of hydrogen-bond acceptors (Lipinski definition) is 5. The molecule has 1 aliphatic rings. The van der Waals surface area contributed by atoms with Crippen molar-refractivity contribution in [2.75, 3.05) is 27.2 Å². The van der Waals surface area contributed by atoms with Crippen LogP contribution in [0.25, 0.3) is 11.3 Å². The maximum absolute atomic E-state index is 13.2. The van der Waals surface area contributed by atoms with Crippen LogP contribution in [0.1, 0.15) is 35.4 Å². The van der Waals surface area contributed by atoms with Crippen molar-refractivity contribution in [3.05, 3.63) is 70.9 Å². The molecule has 8 heteroatoms. The van der Waals surface area contributed by atoms with E-state index in [1.165, 1.54) is 7.11 Å². The van der Waals surface area contributed by atoms with Crippen molar-refractivity contribution in [2.45, 2.75) is 31.7 Å². The lowest BCUT2D eigenvalue weighted by molar-refractivity contribution is -0.134. The summed E-state index contributed by atoms with van der Waals surface area (Å²) >= 11 is 6.10. The highest BCUT2D eigenvalue weighted by Crippen LogP contribution is 2.28. The molecule has 178 valence electrons. The smallest absolute Gasteiger partial charge is 0.258 e. The van der Waals surface area contributed by atoms with E-state index in [-0.39, 0.29) is 11.8 Å². The van der Waals surface area contributed by atoms with Gasteiger partial charge in [-0.15, -0.1) is 0 Å². The largest absolute Gasteiger partial charge is 0.496 e. The molecule has 0 aliphatic carbocycles. The first-order chi connectivity index (χ1) is 16.5. The van der Waals surface area contributed by atoms with Crippen molar-refractivity contribution >= 4 is 23.4 Å². The highest BCUT2D eigenvalue weighted by atomic mass is 35.5. The number of aryl methyl sites for hydroxylation is 1. The van der Waals surface area contributed by atoms with Gasteiger partial charge in [0.05, 0.1) is 12.7 Å². The highest BCUT2D eigenvalue weighted by molar-refractivity contribution is 6.31. The van der Waals surface area contributed by atoms with E-state index in [1.807, 2.05) is 36.4 Å². The van der Waals surface area contributed by atoms with Crippen LogP contribution in [-0.4, -0.2) is 60.1 Å². The van der Waals surface area contributed by atoms with Gasteiger partial charge in [-0.25, -0.2) is 0 Å². The molecule has 3 aromatic rings. The Kier molecular flexibility index (Phi) is 7.53. The maximum Gasteiger partial charge on any atom is 0.258 e. The first-order valence-corrected chi connectivity index (χ1v) is 11.8. The zero-order valence-corrected chi connectivity index (χ0v) is 20.1. The summed E-state index contributed by atoms with van der Waals surface area (Å²) in [5, 5.41) is 4.59. The SMILES string of the molecule is COc1ccc(Cl)cc1C(=O)N1CCCC1C(=O)N(C)CCCc1cc(-c2ccccc2)no1. The summed E-state index contributed by atoms with van der Waals surface area (Å²) in [6.45, 7) is 1.08. The van der Waals surface area contributed by atoms with E-state index in [4.69, 9.17) is 20.9 Å². The minimum absolute atomic E-state index is 0.0608. The number of methoxy groups -OCH3 is 1. The fourth-order valence-corrected chi connectivity index (χ4v) is 4.47. The molecule has 7 nitrogen and oxygen atoms in total. The van der Waals surface area contributed by atoms with Crippen molar-refractivity contribution in [1.29, 1.82) is 0 Å². The minimum atomic E-state index is -0.490. The van der Waals surface area contributed by atoms with E-state index in [2.05, 4.69) is 5.16 Å². The normalized spacial score (nSPS) is 15.4. The third-order valence-electron chi connectivity index (χ3n) is 6.11. The van der Waals surface area contributed by atoms with Gasteiger partial charge in [0.1, 0.15) is 23.2 Å². The van der Waals surface area contributed by atoms with Gasteiger partial charge in [0.2, 0.25) is 5.91 Å². The lowest BCUT2D eigenvalue weighted by Crippen LogP contribution is -2.46. The number of ether oxygens (including phenoxy) is 1. The number of carbonyl (C=O) groups is 2. The molecular weight excluding hydrogens is 454 g/mol. The Morgan fingerprint density at radius 3 is 2.76 bits per heavy atom. The lowest BCUT2D eigenvalue weighted by atomic mass is 10.1. The topological polar surface area (TPSA) is 75.9 Å². The molecule has 2 heterocycles. The molecule has 0 saturated carbocycles. The Morgan fingerprint density at radius 2 is 2.00 bits per heavy atom. The molecular formula is C26H28ClN3O4. The van der Waals surface area contributed by atoms with Crippen LogP contribution in [0.5, 0.6) is 5.75 Å². The van der Waals surface area contributed by atoms with Crippen LogP contribution in [-0.2, 0) is 11.2 Å². The fraction of sp³-hybridized carbons (Fsp3) is 0.346. The van der Waals surface area contributed by atoms with Gasteiger partial charge in [-0.2, -0.15) is 0 Å². The summed E-state index contributed by atoms with van der Waals surface area (Å²) in [4.78, 5) is 29.7. The van der Waals surface area contributed by atoms with Crippen molar-refractivity contribution in [1.82, 2.24) is 15.0 Å². The molecule has 34 heavy (non-hydrogen) atoms. The van der Waals surface area contributed by atoms with Gasteiger partial charge < -0.3 is 19.1 Å². The van der Waals surface area contributed by atoms with Gasteiger partial charge in [-0.1, -0.05) is 47.1 Å². The molecule has 1 atom stereocenters. The summed E-state index contributed by atoms with van der Waals surface area (Å²) in [5.74, 6) is 0.932. The first-order valence-electron chi connectivity index (χ1n) is 11.4. The zero-order chi connectivity index (χ0) is 24.1. The molecule has 0 N–H and O–H groups in total. The number of benzene rings is 2. The van der Waals surface area contributed by atoms with Crippen molar-refractivity contribution in [2.24, 2.45) is 0 Å². The zero-order valence-electron chi connectivity index (χ0n) is 19.4. The molecule has 0 spiro atoms. The van der Waals surface area contributed by atoms with E-state index >= 15 is 0 Å². The molecule has 0 bridgehead atoms. The Labute approximate surface area is 204 Å². The van der Waals surface area contributed by atoms with Crippen molar-refractivity contribution in [3.8, 4) is 17.0 Å². The van der Waals surface area contributed by atoms with Crippen LogP contribution < -0.4 is 4.74 Å². The highest BCUT2D eigenvalue weighted by Gasteiger charge is 2.36. The van der Waals surface area contributed by atoms with E-state index in [0.29, 0.717) is 42.3 Å². The van der Waals surface area contributed by atoms with E-state index in [1.54, 1.807) is 35.0 Å². The standard InChI is InChI=1S/C26H28ClN3O4/c1-29(14-6-10-20-17-22(28-34-20)18-8-4-3-5-9-18)26(32)23-11-7-15-30(23)25(31)21-16-19(27)12-13-24(21)33-2/h3-5,8-9,12-13,16-17,23H,6-7,10-11,14-15H2,1-2H3. The van der Waals surface area contributed by atoms with Crippen LogP contribution in [0, 0.1) is 0 Å². The second kappa shape index (κ2) is 10.7. The number of rotatable bonds is 8. The quantitative estimate of drug-likeness (QED) is 0.466. The first kappa shape index (κ1) is 23.8. The average Bonchev–Trinajstić information content (AvgIpc) is 3.54. The number of likely N-dealkylation sites (tertiary alicyclic amines) is 1. The van der Waals surface area contributed by atoms with Crippen LogP contribution in [0.2, 0.25) is 5.02 Å². The molecule has 1 aliphatic heterocycles. The van der Waals surface area contributed by atoms with E-state index in [0.717, 1.165) is 29.9 Å². The predicted molar refractivity (Wildman–Crippen MR) is 130 cm³/mol. The minimum Gasteiger partial charge on any atom is -0.496 e. The average molecular weight is 482 g/mol. The fourth-order valence-electron chi connectivity index (χ4n) is 4.30. The Balaban J connectivity index is 1.34. The van der Waals surface area contributed by atoms with Gasteiger partial charge in [-0.3, -0.25) is 9.59 Å². The van der Waals surface area contributed by atoms with Gasteiger partial charge in [0.15, 0.2) is 0 Å². The number of halogens is 1. The van der Waals surface area contributed by atoms with E-state index < -0.39 is 6.04 Å². The third kappa shape index (κ3) is 5.25. The summed E-state index contributed by atoms with van der Waals surface area (Å²) < 4.78 is 10.8. The molecule has 2 amide bonds. The molecule has 1 unspecified atom stereocenters. The van der Waals surface area contributed by atoms with Crippen LogP contribution in [0.15, 0.2) is 59.1 Å². The second-order valence-electron chi connectivity index (χ2n) is 8.41. The molecule has 0 radical (unpaired) electrons. The molecule has 1 fully saturated rings. The third-order valence-corrected chi connectivity index (χ3v) is 6.35. The van der Waals surface area contributed by atoms with Crippen LogP contribution in [0.4, 0.5) is 0 Å². The monoisotopic (exact) mass is 481 g/mol. The number of amides is 2. The lowest BCUT2D eigenvalue weighted by Gasteiger charge is -2.28. The summed E-state index contributed by atoms with van der Waals surface area (Å²) in [7, 11) is 3.29. The molecule has 1 aromatic heterocycles. The molecule has 2 aromatic carbocycles. The number of nitrogens with zero attached hydrogens (tertiary/aromatic N) is 3. The van der Waals surface area contributed by atoms with Gasteiger partial charge in [0, 0.05) is 43.2 Å². The Morgan fingerprint density at radius 1 is 1.21 bits per heavy atom. The number of aromatic nitrogens is 1. The van der Waals surface area contributed by atoms with Gasteiger partial charge in [0.25, 0.3) is 5.91 Å². The van der Waals surface area contributed by atoms with Crippen molar-refractivity contribution < 1.29 is 18.8 Å². The summed E-state index contributed by atoms with van der Waals surface area (Å²) in [6.07, 6.45) is 2.82. The number of likely N-dealkylation sites (N-methyl/N-ethyl adjacent to an activating group) is 1. The van der Waals surface area contributed by atoms with Crippen LogP contribution >= 0.6 is 11.6 Å². The van der Waals surface area contributed by atoms with Crippen molar-refractivity contribution in [3.63, 3.8) is 0 Å². The maximum atomic E-state index is 13.2. The number of carbonyl (C=O) groups excluding carboxylic acids is 2. The second-order valence-corrected chi connectivity index (χ2v) is 8.85. The predicted octanol–water partition coefficient (Wildman–Crippen LogP) is 4.70. The number of hydrogen-bond donors (Lipinski definition) is 0. The van der Waals surface area contributed by atoms with Crippen LogP contribution in [0.3, 0.4) is 0 Å². The molecule has 4 rings (SSSR count). The summed E-state index contributed by atoms with van der Waals surface area (Å²) in [5.41, 5.74) is 2.18. The Hall–Kier alpha value is -3.32. The Bertz CT molecular complexity index is 1150. The van der Waals surface area contributed by atoms with Gasteiger partial charge >= 0.3 is 0 Å². The molecule has 1 saturated heterocycles.